The van der Waals surface area contributed by atoms with E-state index in [-0.39, 0.29) is 10.8 Å². The van der Waals surface area contributed by atoms with Gasteiger partial charge in [-0.05, 0) is 38.8 Å². The highest BCUT2D eigenvalue weighted by Gasteiger charge is 2.27. The lowest BCUT2D eigenvalue weighted by molar-refractivity contribution is -0.115. The number of carbonyl (C=O) groups is 1. The molecule has 2 aromatic heterocycles. The average molecular weight is 396 g/mol. The van der Waals surface area contributed by atoms with Crippen LogP contribution >= 0.6 is 11.8 Å². The molecule has 1 amide bonds. The molecule has 0 radical (unpaired) electrons. The Kier molecular flexibility index (Phi) is 5.64. The summed E-state index contributed by atoms with van der Waals surface area (Å²) in [7, 11) is -3.48. The van der Waals surface area contributed by atoms with Crippen molar-refractivity contribution < 1.29 is 17.7 Å². The minimum atomic E-state index is -3.48. The quantitative estimate of drug-likeness (QED) is 0.747. The van der Waals surface area contributed by atoms with Crippen molar-refractivity contribution in [2.24, 2.45) is 0 Å². The highest BCUT2D eigenvalue weighted by molar-refractivity contribution is 8.00. The van der Waals surface area contributed by atoms with Crippen LogP contribution in [-0.2, 0) is 14.8 Å². The molecule has 3 rings (SSSR count). The van der Waals surface area contributed by atoms with Gasteiger partial charge in [-0.2, -0.15) is 4.31 Å². The zero-order chi connectivity index (χ0) is 18.7. The molecular formula is C16H20N4O4S2. The number of sulfonamides is 1. The molecule has 1 aliphatic rings. The molecular weight excluding hydrogens is 376 g/mol. The largest absolute Gasteiger partial charge is 0.338 e. The molecule has 0 aliphatic carbocycles. The lowest BCUT2D eigenvalue weighted by Crippen LogP contribution is -2.28. The minimum absolute atomic E-state index is 0.179. The summed E-state index contributed by atoms with van der Waals surface area (Å²) in [4.78, 5) is 16.5. The first-order valence-electron chi connectivity index (χ1n) is 8.23. The van der Waals surface area contributed by atoms with E-state index in [1.165, 1.54) is 28.3 Å². The third kappa shape index (κ3) is 4.25. The van der Waals surface area contributed by atoms with Gasteiger partial charge in [-0.3, -0.25) is 10.1 Å². The Balaban J connectivity index is 1.62. The van der Waals surface area contributed by atoms with Crippen molar-refractivity contribution >= 4 is 33.6 Å². The van der Waals surface area contributed by atoms with Gasteiger partial charge in [-0.25, -0.2) is 13.4 Å². The summed E-state index contributed by atoms with van der Waals surface area (Å²) in [5, 5.41) is 6.48. The van der Waals surface area contributed by atoms with Crippen LogP contribution in [0.15, 0.2) is 38.8 Å². The molecule has 3 heterocycles. The van der Waals surface area contributed by atoms with Crippen molar-refractivity contribution in [3.8, 4) is 0 Å². The average Bonchev–Trinajstić information content (AvgIpc) is 3.27. The summed E-state index contributed by atoms with van der Waals surface area (Å²) in [6.45, 7) is 4.60. The van der Waals surface area contributed by atoms with Gasteiger partial charge in [0.05, 0.1) is 16.0 Å². The fourth-order valence-electron chi connectivity index (χ4n) is 2.55. The Morgan fingerprint density at radius 1 is 1.35 bits per heavy atom. The Morgan fingerprint density at radius 3 is 2.65 bits per heavy atom. The van der Waals surface area contributed by atoms with Crippen LogP contribution in [0, 0.1) is 6.92 Å². The second-order valence-corrected chi connectivity index (χ2v) is 9.32. The van der Waals surface area contributed by atoms with Gasteiger partial charge in [-0.1, -0.05) is 16.9 Å². The zero-order valence-corrected chi connectivity index (χ0v) is 16.1. The van der Waals surface area contributed by atoms with Crippen molar-refractivity contribution in [1.82, 2.24) is 14.4 Å². The third-order valence-corrected chi connectivity index (χ3v) is 6.89. The fourth-order valence-corrected chi connectivity index (χ4v) is 4.80. The Morgan fingerprint density at radius 2 is 2.08 bits per heavy atom. The number of aromatic nitrogens is 2. The smallest absolute Gasteiger partial charge is 0.244 e. The molecule has 1 N–H and O–H groups in total. The highest BCUT2D eigenvalue weighted by Crippen LogP contribution is 2.25. The number of pyridine rings is 1. The highest BCUT2D eigenvalue weighted by atomic mass is 32.2. The summed E-state index contributed by atoms with van der Waals surface area (Å²) in [5.74, 6) is 0.0432. The van der Waals surface area contributed by atoms with Crippen LogP contribution in [0.4, 0.5) is 5.88 Å². The molecule has 0 unspecified atom stereocenters. The molecule has 140 valence electrons. The topological polar surface area (TPSA) is 105 Å². The van der Waals surface area contributed by atoms with E-state index in [4.69, 9.17) is 4.52 Å². The number of hydrogen-bond acceptors (Lipinski definition) is 7. The summed E-state index contributed by atoms with van der Waals surface area (Å²) in [6, 6.07) is 4.79. The van der Waals surface area contributed by atoms with E-state index in [0.29, 0.717) is 29.7 Å². The number of amides is 1. The second-order valence-electron chi connectivity index (χ2n) is 6.03. The summed E-state index contributed by atoms with van der Waals surface area (Å²) in [6.07, 6.45) is 3.12. The first kappa shape index (κ1) is 18.9. The molecule has 26 heavy (non-hydrogen) atoms. The number of aryl methyl sites for hydroxylation is 1. The molecule has 2 aromatic rings. The van der Waals surface area contributed by atoms with Crippen molar-refractivity contribution in [3.05, 3.63) is 30.1 Å². The van der Waals surface area contributed by atoms with Gasteiger partial charge in [0.25, 0.3) is 0 Å². The Bertz CT molecular complexity index is 874. The SMILES string of the molecule is Cc1cc(NC(=O)[C@@H](C)Sc2ccc(S(=O)(=O)N3CCCC3)cn2)on1. The zero-order valence-electron chi connectivity index (χ0n) is 14.5. The first-order chi connectivity index (χ1) is 12.4. The predicted molar refractivity (Wildman–Crippen MR) is 97.4 cm³/mol. The molecule has 0 spiro atoms. The maximum absolute atomic E-state index is 12.5. The number of carbonyl (C=O) groups excluding carboxylic acids is 1. The van der Waals surface area contributed by atoms with Crippen LogP contribution in [0.1, 0.15) is 25.5 Å². The van der Waals surface area contributed by atoms with Crippen molar-refractivity contribution in [1.29, 1.82) is 0 Å². The normalized spacial score (nSPS) is 16.5. The molecule has 1 saturated heterocycles. The Hall–Kier alpha value is -1.91. The molecule has 1 aliphatic heterocycles. The van der Waals surface area contributed by atoms with Crippen LogP contribution < -0.4 is 5.32 Å². The first-order valence-corrected chi connectivity index (χ1v) is 10.6. The van der Waals surface area contributed by atoms with Crippen molar-refractivity contribution in [2.75, 3.05) is 18.4 Å². The predicted octanol–water partition coefficient (Wildman–Crippen LogP) is 2.28. The molecule has 1 fully saturated rings. The van der Waals surface area contributed by atoms with E-state index >= 15 is 0 Å². The third-order valence-electron chi connectivity index (χ3n) is 3.95. The minimum Gasteiger partial charge on any atom is -0.338 e. The maximum atomic E-state index is 12.5. The van der Waals surface area contributed by atoms with E-state index in [1.54, 1.807) is 26.0 Å². The lowest BCUT2D eigenvalue weighted by Gasteiger charge is -2.15. The molecule has 0 aromatic carbocycles. The molecule has 10 heteroatoms. The molecule has 0 saturated carbocycles. The number of nitrogens with one attached hydrogen (secondary N) is 1. The number of hydrogen-bond donors (Lipinski definition) is 1. The fraction of sp³-hybridized carbons (Fsp3) is 0.438. The standard InChI is InChI=1S/C16H20N4O4S2/c1-11-9-14(24-19-11)18-16(21)12(2)25-15-6-5-13(10-17-15)26(22,23)20-7-3-4-8-20/h5-6,9-10,12H,3-4,7-8H2,1-2H3,(H,18,21)/t12-/m1/s1. The van der Waals surface area contributed by atoms with Crippen LogP contribution in [0.3, 0.4) is 0 Å². The Labute approximate surface area is 156 Å². The monoisotopic (exact) mass is 396 g/mol. The van der Waals surface area contributed by atoms with Gasteiger partial charge in [0.2, 0.25) is 21.8 Å². The van der Waals surface area contributed by atoms with E-state index in [0.717, 1.165) is 12.8 Å². The van der Waals surface area contributed by atoms with Gasteiger partial charge in [-0.15, -0.1) is 0 Å². The molecule has 1 atom stereocenters. The van der Waals surface area contributed by atoms with E-state index in [2.05, 4.69) is 15.5 Å². The summed E-state index contributed by atoms with van der Waals surface area (Å²) < 4.78 is 31.4. The number of rotatable bonds is 6. The van der Waals surface area contributed by atoms with Crippen LogP contribution in [0.25, 0.3) is 0 Å². The van der Waals surface area contributed by atoms with Crippen LogP contribution in [0.5, 0.6) is 0 Å². The van der Waals surface area contributed by atoms with Gasteiger partial charge in [0, 0.05) is 25.4 Å². The maximum Gasteiger partial charge on any atom is 0.244 e. The summed E-state index contributed by atoms with van der Waals surface area (Å²) >= 11 is 1.24. The molecule has 0 bridgehead atoms. The van der Waals surface area contributed by atoms with Gasteiger partial charge >= 0.3 is 0 Å². The molecule has 8 nitrogen and oxygen atoms in total. The lowest BCUT2D eigenvalue weighted by atomic mass is 10.4. The van der Waals surface area contributed by atoms with E-state index < -0.39 is 15.3 Å². The van der Waals surface area contributed by atoms with Gasteiger partial charge in [0.1, 0.15) is 4.90 Å². The second kappa shape index (κ2) is 7.77. The number of anilines is 1. The van der Waals surface area contributed by atoms with Crippen LogP contribution in [0.2, 0.25) is 0 Å². The number of thioether (sulfide) groups is 1. The van der Waals surface area contributed by atoms with E-state index in [9.17, 15) is 13.2 Å². The van der Waals surface area contributed by atoms with Crippen LogP contribution in [-0.4, -0.2) is 47.1 Å². The van der Waals surface area contributed by atoms with Gasteiger partial charge in [0.15, 0.2) is 0 Å². The van der Waals surface area contributed by atoms with E-state index in [1.807, 2.05) is 0 Å². The van der Waals surface area contributed by atoms with Crippen molar-refractivity contribution in [2.45, 2.75) is 41.9 Å². The van der Waals surface area contributed by atoms with Gasteiger partial charge < -0.3 is 4.52 Å². The number of nitrogens with zero attached hydrogens (tertiary/aromatic N) is 3. The summed E-state index contributed by atoms with van der Waals surface area (Å²) in [5.41, 5.74) is 0.678. The van der Waals surface area contributed by atoms with Crippen molar-refractivity contribution in [3.63, 3.8) is 0 Å².